The first kappa shape index (κ1) is 32.2. The maximum Gasteiger partial charge on any atom is 0.306 e. The Morgan fingerprint density at radius 3 is 2.35 bits per heavy atom. The topological polar surface area (TPSA) is 105 Å². The van der Waals surface area contributed by atoms with Crippen molar-refractivity contribution in [2.45, 2.75) is 156 Å². The van der Waals surface area contributed by atoms with Crippen LogP contribution in [0.3, 0.4) is 0 Å². The lowest BCUT2D eigenvalue weighted by molar-refractivity contribution is -0.246. The monoisotopic (exact) mass is 604 g/mol. The summed E-state index contributed by atoms with van der Waals surface area (Å²) in [6.07, 6.45) is 7.27. The fourth-order valence-electron chi connectivity index (χ4n) is 13.0. The first-order valence-electron chi connectivity index (χ1n) is 17.4. The van der Waals surface area contributed by atoms with Crippen LogP contribution in [0, 0.1) is 56.7 Å². The Balaban J connectivity index is 1.25. The van der Waals surface area contributed by atoms with Crippen molar-refractivity contribution in [3.8, 4) is 0 Å². The number of methoxy groups -OCH3 is 1. The minimum absolute atomic E-state index is 0.0863. The molecule has 3 N–H and O–H groups in total. The summed E-state index contributed by atoms with van der Waals surface area (Å²) in [6, 6.07) is 0. The van der Waals surface area contributed by atoms with Gasteiger partial charge in [0, 0.05) is 30.3 Å². The van der Waals surface area contributed by atoms with E-state index in [4.69, 9.17) is 14.2 Å². The van der Waals surface area contributed by atoms with Crippen molar-refractivity contribution >= 4 is 5.97 Å². The number of aliphatic hydroxyl groups excluding tert-OH is 2. The second kappa shape index (κ2) is 10.1. The molecule has 1 saturated heterocycles. The van der Waals surface area contributed by atoms with E-state index in [1.54, 1.807) is 21.0 Å². The Kier molecular flexibility index (Phi) is 7.59. The number of esters is 1. The zero-order chi connectivity index (χ0) is 31.5. The third-order valence-corrected chi connectivity index (χ3v) is 14.9. The van der Waals surface area contributed by atoms with Gasteiger partial charge in [0.2, 0.25) is 0 Å². The number of aliphatic hydroxyl groups is 3. The van der Waals surface area contributed by atoms with E-state index in [0.717, 1.165) is 38.5 Å². The van der Waals surface area contributed by atoms with Crippen LogP contribution in [0.4, 0.5) is 0 Å². The molecule has 6 rings (SSSR count). The molecule has 0 spiro atoms. The number of carbonyl (C=O) groups is 1. The second-order valence-corrected chi connectivity index (χ2v) is 18.0. The number of ether oxygens (including phenoxy) is 3. The Morgan fingerprint density at radius 2 is 1.72 bits per heavy atom. The predicted molar refractivity (Wildman–Crippen MR) is 164 cm³/mol. The molecular weight excluding hydrogens is 544 g/mol. The van der Waals surface area contributed by atoms with Gasteiger partial charge in [-0.2, -0.15) is 0 Å². The minimum Gasteiger partial charge on any atom is -0.462 e. The molecule has 7 heteroatoms. The van der Waals surface area contributed by atoms with E-state index in [-0.39, 0.29) is 63.4 Å². The van der Waals surface area contributed by atoms with Gasteiger partial charge in [0.15, 0.2) is 6.29 Å². The third kappa shape index (κ3) is 4.33. The van der Waals surface area contributed by atoms with E-state index in [9.17, 15) is 20.1 Å². The van der Waals surface area contributed by atoms with E-state index in [1.165, 1.54) is 12.8 Å². The van der Waals surface area contributed by atoms with Crippen molar-refractivity contribution in [3.63, 3.8) is 0 Å². The lowest BCUT2D eigenvalue weighted by Crippen LogP contribution is -2.66. The van der Waals surface area contributed by atoms with Crippen LogP contribution in [-0.2, 0) is 19.0 Å². The highest BCUT2D eigenvalue weighted by molar-refractivity contribution is 5.69. The van der Waals surface area contributed by atoms with E-state index in [1.807, 2.05) is 0 Å². The van der Waals surface area contributed by atoms with E-state index in [2.05, 4.69) is 41.5 Å². The van der Waals surface area contributed by atoms with Crippen LogP contribution >= 0.6 is 0 Å². The number of rotatable bonds is 7. The molecule has 7 nitrogen and oxygen atoms in total. The highest BCUT2D eigenvalue weighted by Gasteiger charge is 2.86. The molecule has 0 bridgehead atoms. The van der Waals surface area contributed by atoms with Crippen LogP contribution in [0.2, 0.25) is 0 Å². The first-order valence-corrected chi connectivity index (χ1v) is 17.4. The van der Waals surface area contributed by atoms with Gasteiger partial charge in [0.25, 0.3) is 0 Å². The molecule has 6 fully saturated rings. The van der Waals surface area contributed by atoms with Crippen molar-refractivity contribution in [1.29, 1.82) is 0 Å². The summed E-state index contributed by atoms with van der Waals surface area (Å²) in [7, 11) is 1.70. The minimum atomic E-state index is -1.24. The van der Waals surface area contributed by atoms with Crippen LogP contribution in [0.15, 0.2) is 0 Å². The van der Waals surface area contributed by atoms with Gasteiger partial charge in [-0.05, 0) is 112 Å². The summed E-state index contributed by atoms with van der Waals surface area (Å²) >= 11 is 0. The first-order chi connectivity index (χ1) is 19.9. The number of fused-ring (bicyclic) bond motifs is 3. The van der Waals surface area contributed by atoms with Gasteiger partial charge in [-0.25, -0.2) is 0 Å². The fraction of sp³-hybridized carbons (Fsp3) is 0.972. The summed E-state index contributed by atoms with van der Waals surface area (Å²) < 4.78 is 18.3. The van der Waals surface area contributed by atoms with Crippen molar-refractivity contribution in [1.82, 2.24) is 0 Å². The summed E-state index contributed by atoms with van der Waals surface area (Å²) in [6.45, 7) is 16.9. The van der Waals surface area contributed by atoms with Crippen molar-refractivity contribution in [3.05, 3.63) is 0 Å². The lowest BCUT2D eigenvalue weighted by atomic mass is 9.37. The molecule has 0 aromatic rings. The molecule has 0 amide bonds. The van der Waals surface area contributed by atoms with Gasteiger partial charge >= 0.3 is 5.97 Å². The fourth-order valence-corrected chi connectivity index (χ4v) is 13.0. The zero-order valence-electron chi connectivity index (χ0n) is 28.3. The van der Waals surface area contributed by atoms with Crippen molar-refractivity contribution in [2.24, 2.45) is 56.7 Å². The largest absolute Gasteiger partial charge is 0.462 e. The molecule has 43 heavy (non-hydrogen) atoms. The van der Waals surface area contributed by atoms with E-state index in [0.29, 0.717) is 30.6 Å². The quantitative estimate of drug-likeness (QED) is 0.313. The van der Waals surface area contributed by atoms with Crippen molar-refractivity contribution in [2.75, 3.05) is 7.11 Å². The Hall–Kier alpha value is -0.730. The Labute approximate surface area is 259 Å². The zero-order valence-corrected chi connectivity index (χ0v) is 28.3. The Morgan fingerprint density at radius 1 is 1.02 bits per heavy atom. The van der Waals surface area contributed by atoms with Crippen LogP contribution in [0.5, 0.6) is 0 Å². The third-order valence-electron chi connectivity index (χ3n) is 14.9. The van der Waals surface area contributed by atoms with Gasteiger partial charge in [-0.1, -0.05) is 41.5 Å². The molecule has 0 aromatic carbocycles. The van der Waals surface area contributed by atoms with Gasteiger partial charge < -0.3 is 29.5 Å². The maximum absolute atomic E-state index is 12.7. The molecule has 13 atom stereocenters. The molecule has 1 aliphatic heterocycles. The summed E-state index contributed by atoms with van der Waals surface area (Å²) in [4.78, 5) is 12.7. The van der Waals surface area contributed by atoms with Gasteiger partial charge in [-0.3, -0.25) is 4.79 Å². The molecule has 5 saturated carbocycles. The lowest BCUT2D eigenvalue weighted by Gasteiger charge is -2.68. The van der Waals surface area contributed by atoms with E-state index >= 15 is 0 Å². The average Bonchev–Trinajstić information content (AvgIpc) is 3.23. The highest BCUT2D eigenvalue weighted by Crippen LogP contribution is 2.91. The number of carbonyl (C=O) groups excluding carboxylic acids is 1. The maximum atomic E-state index is 12.7. The number of hydrogen-bond acceptors (Lipinski definition) is 7. The number of hydrogen-bond donors (Lipinski definition) is 3. The average molecular weight is 605 g/mol. The normalized spacial score (nSPS) is 50.8. The highest BCUT2D eigenvalue weighted by atomic mass is 16.7. The molecule has 1 unspecified atom stereocenters. The van der Waals surface area contributed by atoms with Crippen molar-refractivity contribution < 1.29 is 34.3 Å². The summed E-state index contributed by atoms with van der Waals surface area (Å²) in [5.74, 6) is 1.53. The van der Waals surface area contributed by atoms with Gasteiger partial charge in [0.1, 0.15) is 12.2 Å². The summed E-state index contributed by atoms with van der Waals surface area (Å²) in [5.41, 5.74) is -1.20. The predicted octanol–water partition coefficient (Wildman–Crippen LogP) is 5.86. The van der Waals surface area contributed by atoms with Gasteiger partial charge in [0.05, 0.1) is 17.8 Å². The van der Waals surface area contributed by atoms with Crippen LogP contribution in [0.25, 0.3) is 0 Å². The second-order valence-electron chi connectivity index (χ2n) is 18.0. The molecule has 5 aliphatic carbocycles. The standard InChI is InChI=1S/C36H60O7/c1-20(2)16-28(38)43-27-12-13-33(7)24-11-14-35-19-36(35,34(24,8)26(37)18-25(33)31(27,3)4)15-10-22(35)21-17-23(42-30(21)41-9)29(39)32(5,6)40/h20-27,29-30,37,39-40H,10-19H2,1-9H3/t21-,22-,23+,24+,25-,26+,27-,29?,30-,33+,34-,35+,36+/m0/s1. The molecule has 0 aromatic heterocycles. The molecule has 0 radical (unpaired) electrons. The SMILES string of the molecule is CO[C@H]1O[C@@H](C(O)C(C)(C)O)C[C@H]1[C@@H]1CC[C@]23C[C@]12CC[C@@H]1[C@@]2(C)CC[C@H](OC(=O)CC(C)C)C(C)(C)[C@@H]2C[C@@H](O)[C@]13C. The smallest absolute Gasteiger partial charge is 0.306 e. The van der Waals surface area contributed by atoms with Crippen LogP contribution in [-0.4, -0.2) is 64.7 Å². The van der Waals surface area contributed by atoms with E-state index < -0.39 is 17.8 Å². The Bertz CT molecular complexity index is 1100. The summed E-state index contributed by atoms with van der Waals surface area (Å²) in [5, 5.41) is 33.7. The van der Waals surface area contributed by atoms with Crippen LogP contribution in [0.1, 0.15) is 120 Å². The molecular formula is C36H60O7. The van der Waals surface area contributed by atoms with Crippen LogP contribution < -0.4 is 0 Å². The molecule has 246 valence electrons. The molecule has 6 aliphatic rings. The molecule has 1 heterocycles. The van der Waals surface area contributed by atoms with Gasteiger partial charge in [-0.15, -0.1) is 0 Å².